The Kier molecular flexibility index (Phi) is 3.56. The largest absolute Gasteiger partial charge is 0.494 e. The summed E-state index contributed by atoms with van der Waals surface area (Å²) in [5.41, 5.74) is 0.581. The molecule has 0 bridgehead atoms. The van der Waals surface area contributed by atoms with Gasteiger partial charge in [-0.15, -0.1) is 0 Å². The molecule has 1 amide bonds. The van der Waals surface area contributed by atoms with E-state index in [-0.39, 0.29) is 0 Å². The molecule has 0 atom stereocenters. The Labute approximate surface area is 119 Å². The molecule has 1 aliphatic rings. The van der Waals surface area contributed by atoms with Crippen LogP contribution in [0.25, 0.3) is 0 Å². The summed E-state index contributed by atoms with van der Waals surface area (Å²) in [4.78, 5) is 12.2. The SMILES string of the molecule is CN(C(=O)O)c1cccc(B2OC(C)(C)C(C)(C)O2)c1. The summed E-state index contributed by atoms with van der Waals surface area (Å²) in [7, 11) is 1.02. The molecule has 0 aromatic heterocycles. The van der Waals surface area contributed by atoms with Crippen LogP contribution in [-0.2, 0) is 9.31 Å². The van der Waals surface area contributed by atoms with Crippen molar-refractivity contribution in [1.82, 2.24) is 0 Å². The third-order valence-electron chi connectivity index (χ3n) is 4.07. The Hall–Kier alpha value is -1.53. The Bertz CT molecular complexity index is 514. The first-order chi connectivity index (χ1) is 9.14. The fourth-order valence-corrected chi connectivity index (χ4v) is 1.97. The number of anilines is 1. The molecule has 0 unspecified atom stereocenters. The smallest absolute Gasteiger partial charge is 0.465 e. The van der Waals surface area contributed by atoms with Crippen molar-refractivity contribution in [2.45, 2.75) is 38.9 Å². The van der Waals surface area contributed by atoms with E-state index in [4.69, 9.17) is 14.4 Å². The minimum Gasteiger partial charge on any atom is -0.465 e. The standard InChI is InChI=1S/C14H20BNO4/c1-13(2)14(3,4)20-15(19-13)10-7-6-8-11(9-10)16(5)12(17)18/h6-9H,1-5H3,(H,17,18). The number of nitrogens with zero attached hydrogens (tertiary/aromatic N) is 1. The van der Waals surface area contributed by atoms with Crippen molar-refractivity contribution in [3.05, 3.63) is 24.3 Å². The molecule has 5 nitrogen and oxygen atoms in total. The van der Waals surface area contributed by atoms with E-state index in [1.54, 1.807) is 18.2 Å². The van der Waals surface area contributed by atoms with Gasteiger partial charge in [0.1, 0.15) is 0 Å². The summed E-state index contributed by atoms with van der Waals surface area (Å²) in [5, 5.41) is 9.02. The van der Waals surface area contributed by atoms with Crippen molar-refractivity contribution in [1.29, 1.82) is 0 Å². The molecule has 0 aliphatic carbocycles. The van der Waals surface area contributed by atoms with Crippen LogP contribution in [0, 0.1) is 0 Å². The van der Waals surface area contributed by atoms with Gasteiger partial charge in [0.05, 0.1) is 11.2 Å². The minimum atomic E-state index is -1.00. The van der Waals surface area contributed by atoms with Gasteiger partial charge in [-0.05, 0) is 45.3 Å². The van der Waals surface area contributed by atoms with Gasteiger partial charge < -0.3 is 14.4 Å². The van der Waals surface area contributed by atoms with E-state index >= 15 is 0 Å². The molecule has 1 aromatic rings. The number of carboxylic acid groups (broad SMARTS) is 1. The monoisotopic (exact) mass is 277 g/mol. The average molecular weight is 277 g/mol. The second-order valence-corrected chi connectivity index (χ2v) is 6.02. The third-order valence-corrected chi connectivity index (χ3v) is 4.07. The van der Waals surface area contributed by atoms with Gasteiger partial charge in [-0.25, -0.2) is 4.79 Å². The van der Waals surface area contributed by atoms with Gasteiger partial charge >= 0.3 is 13.2 Å². The van der Waals surface area contributed by atoms with Crippen molar-refractivity contribution >= 4 is 24.4 Å². The van der Waals surface area contributed by atoms with Gasteiger partial charge in [-0.1, -0.05) is 12.1 Å². The summed E-state index contributed by atoms with van der Waals surface area (Å²) < 4.78 is 11.9. The topological polar surface area (TPSA) is 59.0 Å². The van der Waals surface area contributed by atoms with Crippen molar-refractivity contribution < 1.29 is 19.2 Å². The molecule has 1 saturated heterocycles. The zero-order valence-electron chi connectivity index (χ0n) is 12.5. The van der Waals surface area contributed by atoms with Crippen LogP contribution in [0.4, 0.5) is 10.5 Å². The zero-order chi connectivity index (χ0) is 15.1. The van der Waals surface area contributed by atoms with Crippen LogP contribution in [0.5, 0.6) is 0 Å². The molecule has 6 heteroatoms. The second kappa shape index (κ2) is 4.79. The van der Waals surface area contributed by atoms with Gasteiger partial charge in [0, 0.05) is 12.7 Å². The lowest BCUT2D eigenvalue weighted by molar-refractivity contribution is 0.00578. The summed E-state index contributed by atoms with van der Waals surface area (Å²) in [6, 6.07) is 7.19. The highest BCUT2D eigenvalue weighted by atomic mass is 16.7. The van der Waals surface area contributed by atoms with Crippen LogP contribution in [0.3, 0.4) is 0 Å². The third kappa shape index (κ3) is 2.53. The molecule has 0 radical (unpaired) electrons. The van der Waals surface area contributed by atoms with Crippen molar-refractivity contribution in [2.24, 2.45) is 0 Å². The number of amides is 1. The molecule has 0 saturated carbocycles. The fourth-order valence-electron chi connectivity index (χ4n) is 1.97. The van der Waals surface area contributed by atoms with Gasteiger partial charge in [-0.3, -0.25) is 4.90 Å². The first-order valence-electron chi connectivity index (χ1n) is 6.56. The van der Waals surface area contributed by atoms with Gasteiger partial charge in [0.25, 0.3) is 0 Å². The van der Waals surface area contributed by atoms with Crippen LogP contribution in [-0.4, -0.2) is 36.6 Å². The van der Waals surface area contributed by atoms with E-state index in [0.29, 0.717) is 5.69 Å². The molecule has 1 N–H and O–H groups in total. The van der Waals surface area contributed by atoms with Gasteiger partial charge in [0.2, 0.25) is 0 Å². The molecule has 1 fully saturated rings. The predicted octanol–water partition coefficient (Wildman–Crippen LogP) is 2.10. The summed E-state index contributed by atoms with van der Waals surface area (Å²) in [6.07, 6.45) is -1.00. The first-order valence-corrected chi connectivity index (χ1v) is 6.56. The maximum atomic E-state index is 11.0. The van der Waals surface area contributed by atoms with E-state index < -0.39 is 24.4 Å². The fraction of sp³-hybridized carbons (Fsp3) is 0.500. The number of hydrogen-bond donors (Lipinski definition) is 1. The number of carbonyl (C=O) groups is 1. The summed E-state index contributed by atoms with van der Waals surface area (Å²) in [5.74, 6) is 0. The molecule has 1 aromatic carbocycles. The first kappa shape index (κ1) is 14.9. The number of hydrogen-bond acceptors (Lipinski definition) is 3. The number of benzene rings is 1. The van der Waals surface area contributed by atoms with Crippen molar-refractivity contribution in [2.75, 3.05) is 11.9 Å². The quantitative estimate of drug-likeness (QED) is 0.841. The number of rotatable bonds is 2. The van der Waals surface area contributed by atoms with Crippen LogP contribution >= 0.6 is 0 Å². The lowest BCUT2D eigenvalue weighted by Gasteiger charge is -2.32. The lowest BCUT2D eigenvalue weighted by atomic mass is 9.79. The molecule has 108 valence electrons. The molecule has 20 heavy (non-hydrogen) atoms. The molecular formula is C14H20BNO4. The predicted molar refractivity (Wildman–Crippen MR) is 78.6 cm³/mol. The van der Waals surface area contributed by atoms with Crippen LogP contribution < -0.4 is 10.4 Å². The van der Waals surface area contributed by atoms with Gasteiger partial charge in [0.15, 0.2) is 0 Å². The summed E-state index contributed by atoms with van der Waals surface area (Å²) >= 11 is 0. The maximum Gasteiger partial charge on any atom is 0.494 e. The van der Waals surface area contributed by atoms with E-state index in [1.807, 2.05) is 33.8 Å². The Morgan fingerprint density at radius 1 is 1.20 bits per heavy atom. The Balaban J connectivity index is 2.28. The van der Waals surface area contributed by atoms with Crippen molar-refractivity contribution in [3.8, 4) is 0 Å². The molecule has 1 aliphatic heterocycles. The minimum absolute atomic E-state index is 0.410. The molecular weight excluding hydrogens is 257 g/mol. The lowest BCUT2D eigenvalue weighted by Crippen LogP contribution is -2.41. The van der Waals surface area contributed by atoms with E-state index in [9.17, 15) is 4.79 Å². The van der Waals surface area contributed by atoms with Crippen LogP contribution in [0.1, 0.15) is 27.7 Å². The normalized spacial score (nSPS) is 19.9. The van der Waals surface area contributed by atoms with Crippen molar-refractivity contribution in [3.63, 3.8) is 0 Å². The summed E-state index contributed by atoms with van der Waals surface area (Å²) in [6.45, 7) is 7.95. The van der Waals surface area contributed by atoms with E-state index in [2.05, 4.69) is 0 Å². The van der Waals surface area contributed by atoms with Crippen LogP contribution in [0.15, 0.2) is 24.3 Å². The Morgan fingerprint density at radius 2 is 1.75 bits per heavy atom. The second-order valence-electron chi connectivity index (χ2n) is 6.02. The average Bonchev–Trinajstić information content (AvgIpc) is 2.57. The maximum absolute atomic E-state index is 11.0. The van der Waals surface area contributed by atoms with E-state index in [0.717, 1.165) is 10.4 Å². The molecule has 0 spiro atoms. The van der Waals surface area contributed by atoms with Gasteiger partial charge in [-0.2, -0.15) is 0 Å². The van der Waals surface area contributed by atoms with E-state index in [1.165, 1.54) is 7.05 Å². The molecule has 1 heterocycles. The zero-order valence-corrected chi connectivity index (χ0v) is 12.5. The highest BCUT2D eigenvalue weighted by Crippen LogP contribution is 2.36. The highest BCUT2D eigenvalue weighted by Gasteiger charge is 2.51. The van der Waals surface area contributed by atoms with Crippen LogP contribution in [0.2, 0.25) is 0 Å². The Morgan fingerprint density at radius 3 is 2.25 bits per heavy atom. The molecule has 2 rings (SSSR count). The highest BCUT2D eigenvalue weighted by molar-refractivity contribution is 6.62.